The summed E-state index contributed by atoms with van der Waals surface area (Å²) in [5.41, 5.74) is 0.104. The zero-order chi connectivity index (χ0) is 15.6. The molecule has 0 amide bonds. The topological polar surface area (TPSA) is 87.7 Å². The number of nitrogens with zero attached hydrogens (tertiary/aromatic N) is 1. The predicted octanol–water partition coefficient (Wildman–Crippen LogP) is 1.43. The Kier molecular flexibility index (Phi) is 4.13. The van der Waals surface area contributed by atoms with Crippen molar-refractivity contribution >= 4 is 40.3 Å². The lowest BCUT2D eigenvalue weighted by atomic mass is 10.3. The fraction of sp³-hybridized carbons (Fsp3) is 0.154. The molecule has 0 unspecified atom stereocenters. The number of carbonyl (C=O) groups excluding carboxylic acids is 2. The van der Waals surface area contributed by atoms with Gasteiger partial charge in [0.05, 0.1) is 25.8 Å². The number of oxazole rings is 1. The average molecular weight is 312 g/mol. The van der Waals surface area contributed by atoms with Crippen molar-refractivity contribution in [3.05, 3.63) is 39.8 Å². The monoisotopic (exact) mass is 311 g/mol. The molecule has 2 rings (SSSR count). The Labute approximate surface area is 123 Å². The maximum Gasteiger partial charge on any atom is 0.424 e. The van der Waals surface area contributed by atoms with Crippen molar-refractivity contribution < 1.29 is 23.5 Å². The molecule has 1 aromatic carbocycles. The van der Waals surface area contributed by atoms with Gasteiger partial charge in [-0.15, -0.1) is 0 Å². The van der Waals surface area contributed by atoms with Gasteiger partial charge in [-0.2, -0.15) is 0 Å². The zero-order valence-electron chi connectivity index (χ0n) is 11.1. The summed E-state index contributed by atoms with van der Waals surface area (Å²) in [4.78, 5) is 35.1. The average Bonchev–Trinajstić information content (AvgIpc) is 2.79. The fourth-order valence-corrected chi connectivity index (χ4v) is 1.87. The third-order valence-electron chi connectivity index (χ3n) is 2.63. The first-order chi connectivity index (χ1) is 9.97. The molecule has 7 nitrogen and oxygen atoms in total. The Morgan fingerprint density at radius 3 is 2.62 bits per heavy atom. The summed E-state index contributed by atoms with van der Waals surface area (Å²) in [7, 11) is 2.26. The van der Waals surface area contributed by atoms with Crippen molar-refractivity contribution in [2.24, 2.45) is 0 Å². The molecule has 0 N–H and O–H groups in total. The van der Waals surface area contributed by atoms with Gasteiger partial charge in [-0.1, -0.05) is 11.6 Å². The van der Waals surface area contributed by atoms with Crippen molar-refractivity contribution in [1.29, 1.82) is 0 Å². The Bertz CT molecular complexity index is 801. The van der Waals surface area contributed by atoms with Crippen LogP contribution in [-0.2, 0) is 19.1 Å². The predicted molar refractivity (Wildman–Crippen MR) is 73.8 cm³/mol. The number of hydrogen-bond donors (Lipinski definition) is 0. The molecule has 0 aliphatic rings. The van der Waals surface area contributed by atoms with Crippen molar-refractivity contribution in [2.45, 2.75) is 0 Å². The number of hydrogen-bond acceptors (Lipinski definition) is 6. The lowest BCUT2D eigenvalue weighted by Gasteiger charge is -2.05. The third-order valence-corrected chi connectivity index (χ3v) is 2.87. The summed E-state index contributed by atoms with van der Waals surface area (Å²) in [5, 5.41) is 0.333. The van der Waals surface area contributed by atoms with E-state index >= 15 is 0 Å². The third kappa shape index (κ3) is 2.82. The highest BCUT2D eigenvalue weighted by atomic mass is 35.5. The van der Waals surface area contributed by atoms with Crippen LogP contribution in [0.4, 0.5) is 0 Å². The highest BCUT2D eigenvalue weighted by Gasteiger charge is 2.21. The van der Waals surface area contributed by atoms with E-state index in [0.29, 0.717) is 5.02 Å². The van der Waals surface area contributed by atoms with E-state index in [9.17, 15) is 14.4 Å². The summed E-state index contributed by atoms with van der Waals surface area (Å²) < 4.78 is 14.9. The second-order valence-corrected chi connectivity index (χ2v) is 4.30. The van der Waals surface area contributed by atoms with E-state index in [1.807, 2.05) is 0 Å². The van der Waals surface area contributed by atoms with E-state index in [1.165, 1.54) is 18.2 Å². The molecular weight excluding hydrogens is 302 g/mol. The zero-order valence-corrected chi connectivity index (χ0v) is 11.8. The van der Waals surface area contributed by atoms with Gasteiger partial charge >= 0.3 is 17.7 Å². The molecule has 2 aromatic rings. The number of fused-ring (bicyclic) bond motifs is 1. The first-order valence-corrected chi connectivity index (χ1v) is 6.05. The van der Waals surface area contributed by atoms with E-state index < -0.39 is 17.7 Å². The maximum atomic E-state index is 11.9. The van der Waals surface area contributed by atoms with Crippen LogP contribution in [0, 0.1) is 0 Å². The Morgan fingerprint density at radius 2 is 2.00 bits per heavy atom. The van der Waals surface area contributed by atoms with Gasteiger partial charge in [0.15, 0.2) is 5.58 Å². The van der Waals surface area contributed by atoms with E-state index in [1.54, 1.807) is 0 Å². The van der Waals surface area contributed by atoms with Gasteiger partial charge in [-0.3, -0.25) is 0 Å². The van der Waals surface area contributed by atoms with Crippen LogP contribution in [0.2, 0.25) is 5.02 Å². The summed E-state index contributed by atoms with van der Waals surface area (Å²) >= 11 is 5.87. The first kappa shape index (κ1) is 14.9. The first-order valence-electron chi connectivity index (χ1n) is 5.67. The molecule has 0 saturated heterocycles. The van der Waals surface area contributed by atoms with Gasteiger partial charge in [0, 0.05) is 5.02 Å². The number of esters is 2. The largest absolute Gasteiger partial charge is 0.466 e. The summed E-state index contributed by atoms with van der Waals surface area (Å²) in [6, 6.07) is 4.43. The quantitative estimate of drug-likeness (QED) is 0.629. The van der Waals surface area contributed by atoms with Crippen LogP contribution in [0.1, 0.15) is 0 Å². The summed E-state index contributed by atoms with van der Waals surface area (Å²) in [6.45, 7) is 0. The Balaban J connectivity index is 2.76. The molecule has 0 atom stereocenters. The highest BCUT2D eigenvalue weighted by Crippen LogP contribution is 2.21. The standard InChI is InChI=1S/C13H10ClNO6/c1-19-11(16)6-9(12(17)20-2)15-8-5-7(14)3-4-10(8)21-13(15)18/h3-6H,1-2H3/b9-6-. The Hall–Kier alpha value is -2.54. The van der Waals surface area contributed by atoms with E-state index in [-0.39, 0.29) is 16.8 Å². The molecule has 0 aliphatic heterocycles. The highest BCUT2D eigenvalue weighted by molar-refractivity contribution is 6.31. The molecule has 1 heterocycles. The second-order valence-electron chi connectivity index (χ2n) is 3.86. The van der Waals surface area contributed by atoms with E-state index in [4.69, 9.17) is 16.0 Å². The molecule has 21 heavy (non-hydrogen) atoms. The minimum atomic E-state index is -0.898. The Morgan fingerprint density at radius 1 is 1.29 bits per heavy atom. The lowest BCUT2D eigenvalue weighted by Crippen LogP contribution is -2.21. The van der Waals surface area contributed by atoms with E-state index in [2.05, 4.69) is 9.47 Å². The van der Waals surface area contributed by atoms with Crippen molar-refractivity contribution in [3.63, 3.8) is 0 Å². The molecule has 0 saturated carbocycles. The molecule has 0 aliphatic carbocycles. The number of halogens is 1. The van der Waals surface area contributed by atoms with Crippen LogP contribution in [0.3, 0.4) is 0 Å². The second kappa shape index (κ2) is 5.84. The van der Waals surface area contributed by atoms with Crippen molar-refractivity contribution in [2.75, 3.05) is 14.2 Å². The number of aromatic nitrogens is 1. The van der Waals surface area contributed by atoms with Crippen molar-refractivity contribution in [3.8, 4) is 0 Å². The van der Waals surface area contributed by atoms with Gasteiger partial charge in [0.1, 0.15) is 5.70 Å². The maximum absolute atomic E-state index is 11.9. The van der Waals surface area contributed by atoms with Crippen LogP contribution in [0.5, 0.6) is 0 Å². The van der Waals surface area contributed by atoms with Crippen LogP contribution in [0.15, 0.2) is 33.5 Å². The minimum absolute atomic E-state index is 0.212. The summed E-state index contributed by atoms with van der Waals surface area (Å²) in [6.07, 6.45) is 0.836. The number of carbonyl (C=O) groups is 2. The van der Waals surface area contributed by atoms with Gasteiger partial charge in [0.2, 0.25) is 0 Å². The van der Waals surface area contributed by atoms with E-state index in [0.717, 1.165) is 24.9 Å². The normalized spacial score (nSPS) is 11.5. The SMILES string of the molecule is COC(=O)/C=C(/C(=O)OC)n1c(=O)oc2ccc(Cl)cc21. The molecule has 8 heteroatoms. The van der Waals surface area contributed by atoms with Crippen molar-refractivity contribution in [1.82, 2.24) is 4.57 Å². The smallest absolute Gasteiger partial charge is 0.424 e. The fourth-order valence-electron chi connectivity index (χ4n) is 1.71. The molecule has 110 valence electrons. The number of methoxy groups -OCH3 is 2. The summed E-state index contributed by atoms with van der Waals surface area (Å²) in [5.74, 6) is -2.57. The van der Waals surface area contributed by atoms with Crippen LogP contribution in [-0.4, -0.2) is 30.7 Å². The van der Waals surface area contributed by atoms with Gasteiger partial charge in [-0.25, -0.2) is 19.0 Å². The molecule has 0 bridgehead atoms. The van der Waals surface area contributed by atoms with Gasteiger partial charge in [0.25, 0.3) is 0 Å². The lowest BCUT2D eigenvalue weighted by molar-refractivity contribution is -0.137. The molecule has 0 fully saturated rings. The van der Waals surface area contributed by atoms with Crippen LogP contribution in [0.25, 0.3) is 16.8 Å². The van der Waals surface area contributed by atoms with Crippen LogP contribution >= 0.6 is 11.6 Å². The number of ether oxygens (including phenoxy) is 2. The van der Waals surface area contributed by atoms with Crippen LogP contribution < -0.4 is 5.76 Å². The molecular formula is C13H10ClNO6. The molecule has 1 aromatic heterocycles. The molecule has 0 radical (unpaired) electrons. The molecule has 0 spiro atoms. The number of benzene rings is 1. The van der Waals surface area contributed by atoms with Gasteiger partial charge < -0.3 is 13.9 Å². The number of rotatable bonds is 3. The minimum Gasteiger partial charge on any atom is -0.466 e. The van der Waals surface area contributed by atoms with Gasteiger partial charge in [-0.05, 0) is 18.2 Å².